The molecule has 0 radical (unpaired) electrons. The van der Waals surface area contributed by atoms with Gasteiger partial charge in [0.25, 0.3) is 0 Å². The predicted molar refractivity (Wildman–Crippen MR) is 60.5 cm³/mol. The lowest BCUT2D eigenvalue weighted by atomic mass is 10.3. The molecule has 3 N–H and O–H groups in total. The number of nitrogens with zero attached hydrogens (tertiary/aromatic N) is 3. The van der Waals surface area contributed by atoms with Crippen LogP contribution in [0.5, 0.6) is 0 Å². The zero-order chi connectivity index (χ0) is 11.0. The summed E-state index contributed by atoms with van der Waals surface area (Å²) in [5.41, 5.74) is 1.71. The van der Waals surface area contributed by atoms with E-state index in [9.17, 15) is 0 Å². The second-order valence-electron chi connectivity index (χ2n) is 3.47. The monoisotopic (exact) mass is 214 g/mol. The van der Waals surface area contributed by atoms with E-state index in [2.05, 4.69) is 30.5 Å². The quantitative estimate of drug-likeness (QED) is 0.606. The number of aryl methyl sites for hydroxylation is 1. The summed E-state index contributed by atoms with van der Waals surface area (Å²) in [7, 11) is 0. The number of hydrogen-bond donors (Lipinski definition) is 3. The Labute approximate surface area is 91.1 Å². The highest BCUT2D eigenvalue weighted by molar-refractivity contribution is 5.88. The Balaban J connectivity index is 2.11. The normalized spacial score (nSPS) is 10.8. The molecule has 3 aromatic heterocycles. The summed E-state index contributed by atoms with van der Waals surface area (Å²) in [5, 5.41) is 10.8. The van der Waals surface area contributed by atoms with Crippen molar-refractivity contribution in [1.82, 2.24) is 25.1 Å². The Morgan fingerprint density at radius 3 is 3.06 bits per heavy atom. The van der Waals surface area contributed by atoms with Gasteiger partial charge in [-0.3, -0.25) is 5.10 Å². The Morgan fingerprint density at radius 2 is 2.25 bits per heavy atom. The van der Waals surface area contributed by atoms with E-state index in [4.69, 9.17) is 0 Å². The molecule has 0 amide bonds. The van der Waals surface area contributed by atoms with Crippen molar-refractivity contribution in [3.05, 3.63) is 30.5 Å². The van der Waals surface area contributed by atoms with Crippen molar-refractivity contribution in [2.24, 2.45) is 0 Å². The average Bonchev–Trinajstić information content (AvgIpc) is 2.87. The summed E-state index contributed by atoms with van der Waals surface area (Å²) in [6.45, 7) is 1.86. The number of anilines is 2. The maximum Gasteiger partial charge on any atom is 0.143 e. The van der Waals surface area contributed by atoms with Gasteiger partial charge in [0.2, 0.25) is 0 Å². The first-order valence-corrected chi connectivity index (χ1v) is 4.90. The Bertz CT molecular complexity index is 609. The van der Waals surface area contributed by atoms with E-state index in [0.29, 0.717) is 0 Å². The number of H-pyrrole nitrogens is 2. The fourth-order valence-electron chi connectivity index (χ4n) is 1.60. The Kier molecular flexibility index (Phi) is 1.86. The first-order chi connectivity index (χ1) is 7.83. The standard InChI is InChI=1S/C10H10N6/c1-6-14-9-8(2-3-11-9)10(15-6)16-7-4-12-13-5-7/h2-5H,1H3,(H,12,13)(H2,11,14,15,16). The second-order valence-corrected chi connectivity index (χ2v) is 3.47. The van der Waals surface area contributed by atoms with E-state index in [0.717, 1.165) is 28.4 Å². The molecule has 0 bridgehead atoms. The second kappa shape index (κ2) is 3.34. The number of hydrogen-bond acceptors (Lipinski definition) is 4. The third kappa shape index (κ3) is 1.40. The summed E-state index contributed by atoms with van der Waals surface area (Å²) in [6.07, 6.45) is 5.32. The molecule has 3 rings (SSSR count). The van der Waals surface area contributed by atoms with Gasteiger partial charge in [0.1, 0.15) is 17.3 Å². The largest absolute Gasteiger partial charge is 0.346 e. The van der Waals surface area contributed by atoms with Crippen LogP contribution in [-0.4, -0.2) is 25.1 Å². The van der Waals surface area contributed by atoms with Crippen LogP contribution in [0.2, 0.25) is 0 Å². The maximum absolute atomic E-state index is 4.36. The Morgan fingerprint density at radius 1 is 1.31 bits per heavy atom. The first-order valence-electron chi connectivity index (χ1n) is 4.90. The maximum atomic E-state index is 4.36. The predicted octanol–water partition coefficient (Wildman–Crippen LogP) is 1.73. The number of fused-ring (bicyclic) bond motifs is 1. The molecule has 80 valence electrons. The van der Waals surface area contributed by atoms with E-state index < -0.39 is 0 Å². The van der Waals surface area contributed by atoms with E-state index >= 15 is 0 Å². The lowest BCUT2D eigenvalue weighted by Crippen LogP contribution is -1.97. The fourth-order valence-corrected chi connectivity index (χ4v) is 1.60. The molecule has 0 aliphatic rings. The van der Waals surface area contributed by atoms with Crippen molar-refractivity contribution in [3.63, 3.8) is 0 Å². The van der Waals surface area contributed by atoms with Crippen molar-refractivity contribution in [2.45, 2.75) is 6.92 Å². The molecule has 6 nitrogen and oxygen atoms in total. The molecule has 16 heavy (non-hydrogen) atoms. The van der Waals surface area contributed by atoms with Gasteiger partial charge in [-0.1, -0.05) is 0 Å². The van der Waals surface area contributed by atoms with Crippen molar-refractivity contribution >= 4 is 22.5 Å². The van der Waals surface area contributed by atoms with Crippen LogP contribution in [0.3, 0.4) is 0 Å². The van der Waals surface area contributed by atoms with Crippen LogP contribution in [-0.2, 0) is 0 Å². The Hall–Kier alpha value is -2.37. The van der Waals surface area contributed by atoms with Crippen LogP contribution in [0.25, 0.3) is 11.0 Å². The van der Waals surface area contributed by atoms with Gasteiger partial charge < -0.3 is 10.3 Å². The smallest absolute Gasteiger partial charge is 0.143 e. The summed E-state index contributed by atoms with van der Waals surface area (Å²) in [6, 6.07) is 1.94. The molecular formula is C10H10N6. The molecule has 0 aliphatic carbocycles. The molecule has 0 fully saturated rings. The molecule has 0 aliphatic heterocycles. The third-order valence-electron chi connectivity index (χ3n) is 2.29. The summed E-state index contributed by atoms with van der Waals surface area (Å²) in [5.74, 6) is 1.51. The first kappa shape index (κ1) is 8.90. The highest BCUT2D eigenvalue weighted by Gasteiger charge is 2.06. The van der Waals surface area contributed by atoms with Gasteiger partial charge in [-0.15, -0.1) is 0 Å². The highest BCUT2D eigenvalue weighted by atomic mass is 15.1. The molecule has 6 heteroatoms. The minimum atomic E-state index is 0.723. The third-order valence-corrected chi connectivity index (χ3v) is 2.29. The summed E-state index contributed by atoms with van der Waals surface area (Å²) in [4.78, 5) is 11.7. The van der Waals surface area contributed by atoms with Gasteiger partial charge in [-0.2, -0.15) is 5.10 Å². The molecule has 0 unspecified atom stereocenters. The minimum Gasteiger partial charge on any atom is -0.346 e. The van der Waals surface area contributed by atoms with Gasteiger partial charge in [0.05, 0.1) is 17.3 Å². The van der Waals surface area contributed by atoms with Gasteiger partial charge >= 0.3 is 0 Å². The number of aromatic amines is 2. The topological polar surface area (TPSA) is 82.3 Å². The van der Waals surface area contributed by atoms with E-state index in [1.807, 2.05) is 19.2 Å². The van der Waals surface area contributed by atoms with E-state index in [-0.39, 0.29) is 0 Å². The van der Waals surface area contributed by atoms with Crippen LogP contribution in [0.1, 0.15) is 5.82 Å². The summed E-state index contributed by atoms with van der Waals surface area (Å²) >= 11 is 0. The molecule has 0 saturated heterocycles. The van der Waals surface area contributed by atoms with Crippen LogP contribution in [0.4, 0.5) is 11.5 Å². The van der Waals surface area contributed by atoms with Crippen LogP contribution < -0.4 is 5.32 Å². The molecule has 0 spiro atoms. The number of aromatic nitrogens is 5. The van der Waals surface area contributed by atoms with E-state index in [1.165, 1.54) is 0 Å². The minimum absolute atomic E-state index is 0.723. The van der Waals surface area contributed by atoms with Gasteiger partial charge in [0.15, 0.2) is 0 Å². The van der Waals surface area contributed by atoms with Crippen molar-refractivity contribution in [1.29, 1.82) is 0 Å². The van der Waals surface area contributed by atoms with Crippen LogP contribution >= 0.6 is 0 Å². The molecular weight excluding hydrogens is 204 g/mol. The lowest BCUT2D eigenvalue weighted by Gasteiger charge is -2.04. The SMILES string of the molecule is Cc1nc(Nc2cn[nH]c2)c2cc[nH]c2n1. The van der Waals surface area contributed by atoms with Crippen molar-refractivity contribution < 1.29 is 0 Å². The van der Waals surface area contributed by atoms with Crippen molar-refractivity contribution in [3.8, 4) is 0 Å². The van der Waals surface area contributed by atoms with Crippen LogP contribution in [0, 0.1) is 6.92 Å². The fraction of sp³-hybridized carbons (Fsp3) is 0.100. The summed E-state index contributed by atoms with van der Waals surface area (Å²) < 4.78 is 0. The number of nitrogens with one attached hydrogen (secondary N) is 3. The molecule has 0 atom stereocenters. The zero-order valence-corrected chi connectivity index (χ0v) is 8.65. The van der Waals surface area contributed by atoms with Crippen LogP contribution in [0.15, 0.2) is 24.7 Å². The van der Waals surface area contributed by atoms with Gasteiger partial charge in [-0.05, 0) is 13.0 Å². The molecule has 0 saturated carbocycles. The molecule has 0 aromatic carbocycles. The lowest BCUT2D eigenvalue weighted by molar-refractivity contribution is 1.08. The number of rotatable bonds is 2. The van der Waals surface area contributed by atoms with Gasteiger partial charge in [0, 0.05) is 12.4 Å². The molecule has 3 heterocycles. The highest BCUT2D eigenvalue weighted by Crippen LogP contribution is 2.22. The van der Waals surface area contributed by atoms with E-state index in [1.54, 1.807) is 12.4 Å². The van der Waals surface area contributed by atoms with Crippen molar-refractivity contribution in [2.75, 3.05) is 5.32 Å². The zero-order valence-electron chi connectivity index (χ0n) is 8.65. The average molecular weight is 214 g/mol. The van der Waals surface area contributed by atoms with Gasteiger partial charge in [-0.25, -0.2) is 9.97 Å². The molecule has 3 aromatic rings.